The normalized spacial score (nSPS) is 13.9. The number of methoxy groups -OCH3 is 1. The number of ether oxygens (including phenoxy) is 1. The standard InChI is InChI=1S/C17H19F2NO/c1-20-15(11-13-9-6-10-14(18)16(13)19)17(21-2)12-7-4-3-5-8-12/h3-10,15,17,20H,11H2,1-2H3. The zero-order valence-corrected chi connectivity index (χ0v) is 12.1. The smallest absolute Gasteiger partial charge is 0.162 e. The van der Waals surface area contributed by atoms with Gasteiger partial charge in [-0.25, -0.2) is 8.78 Å². The summed E-state index contributed by atoms with van der Waals surface area (Å²) in [6.07, 6.45) is 0.104. The maximum absolute atomic E-state index is 13.8. The molecule has 0 bridgehead atoms. The Bertz CT molecular complexity index is 574. The molecule has 2 aromatic carbocycles. The van der Waals surface area contributed by atoms with Gasteiger partial charge in [-0.15, -0.1) is 0 Å². The van der Waals surface area contributed by atoms with Crippen LogP contribution in [0.3, 0.4) is 0 Å². The van der Waals surface area contributed by atoms with Gasteiger partial charge in [0.25, 0.3) is 0 Å². The third-order valence-electron chi connectivity index (χ3n) is 3.59. The van der Waals surface area contributed by atoms with E-state index >= 15 is 0 Å². The number of rotatable bonds is 6. The van der Waals surface area contributed by atoms with Crippen LogP contribution in [0, 0.1) is 11.6 Å². The molecule has 0 aliphatic rings. The average Bonchev–Trinajstić information content (AvgIpc) is 2.52. The van der Waals surface area contributed by atoms with Crippen LogP contribution in [-0.4, -0.2) is 20.2 Å². The Kier molecular flexibility index (Phi) is 5.42. The molecule has 0 saturated heterocycles. The minimum absolute atomic E-state index is 0.159. The monoisotopic (exact) mass is 291 g/mol. The molecule has 2 aromatic rings. The van der Waals surface area contributed by atoms with Crippen LogP contribution in [-0.2, 0) is 11.2 Å². The molecule has 0 aromatic heterocycles. The topological polar surface area (TPSA) is 21.3 Å². The molecule has 4 heteroatoms. The second kappa shape index (κ2) is 7.29. The summed E-state index contributed by atoms with van der Waals surface area (Å²) in [5, 5.41) is 3.13. The van der Waals surface area contributed by atoms with Crippen molar-refractivity contribution in [1.29, 1.82) is 0 Å². The average molecular weight is 291 g/mol. The van der Waals surface area contributed by atoms with Crippen LogP contribution in [0.15, 0.2) is 48.5 Å². The van der Waals surface area contributed by atoms with E-state index in [1.165, 1.54) is 6.07 Å². The maximum atomic E-state index is 13.8. The fourth-order valence-electron chi connectivity index (χ4n) is 2.48. The molecule has 2 nitrogen and oxygen atoms in total. The third-order valence-corrected chi connectivity index (χ3v) is 3.59. The van der Waals surface area contributed by atoms with E-state index in [4.69, 9.17) is 4.74 Å². The molecule has 0 fully saturated rings. The van der Waals surface area contributed by atoms with Gasteiger partial charge in [0.15, 0.2) is 11.6 Å². The van der Waals surface area contributed by atoms with Crippen molar-refractivity contribution in [3.63, 3.8) is 0 Å². The number of nitrogens with one attached hydrogen (secondary N) is 1. The van der Waals surface area contributed by atoms with Crippen LogP contribution in [0.2, 0.25) is 0 Å². The van der Waals surface area contributed by atoms with Gasteiger partial charge >= 0.3 is 0 Å². The lowest BCUT2D eigenvalue weighted by molar-refractivity contribution is 0.0701. The van der Waals surface area contributed by atoms with E-state index in [1.807, 2.05) is 30.3 Å². The number of likely N-dealkylation sites (N-methyl/N-ethyl adjacent to an activating group) is 1. The first-order chi connectivity index (χ1) is 10.2. The van der Waals surface area contributed by atoms with E-state index in [0.29, 0.717) is 12.0 Å². The van der Waals surface area contributed by atoms with Gasteiger partial charge in [0.1, 0.15) is 0 Å². The van der Waals surface area contributed by atoms with Gasteiger partial charge in [-0.1, -0.05) is 42.5 Å². The van der Waals surface area contributed by atoms with E-state index in [2.05, 4.69) is 5.32 Å². The Morgan fingerprint density at radius 3 is 2.38 bits per heavy atom. The zero-order chi connectivity index (χ0) is 15.2. The van der Waals surface area contributed by atoms with Gasteiger partial charge in [-0.2, -0.15) is 0 Å². The molecule has 2 rings (SSSR count). The van der Waals surface area contributed by atoms with Crippen molar-refractivity contribution < 1.29 is 13.5 Å². The van der Waals surface area contributed by atoms with Gasteiger partial charge in [-0.05, 0) is 30.7 Å². The lowest BCUT2D eigenvalue weighted by atomic mass is 9.95. The van der Waals surface area contributed by atoms with Crippen LogP contribution in [0.1, 0.15) is 17.2 Å². The molecular formula is C17H19F2NO. The van der Waals surface area contributed by atoms with Crippen molar-refractivity contribution in [3.8, 4) is 0 Å². The molecule has 0 heterocycles. The Morgan fingerprint density at radius 2 is 1.76 bits per heavy atom. The van der Waals surface area contributed by atoms with Crippen molar-refractivity contribution in [2.75, 3.05) is 14.2 Å². The number of benzene rings is 2. The highest BCUT2D eigenvalue weighted by molar-refractivity contribution is 5.23. The first-order valence-corrected chi connectivity index (χ1v) is 6.85. The van der Waals surface area contributed by atoms with Crippen molar-refractivity contribution >= 4 is 0 Å². The van der Waals surface area contributed by atoms with E-state index in [1.54, 1.807) is 20.2 Å². The van der Waals surface area contributed by atoms with Gasteiger partial charge in [0.05, 0.1) is 6.10 Å². The molecule has 0 amide bonds. The summed E-state index contributed by atoms with van der Waals surface area (Å²) in [4.78, 5) is 0. The minimum Gasteiger partial charge on any atom is -0.375 e. The van der Waals surface area contributed by atoms with Crippen LogP contribution in [0.4, 0.5) is 8.78 Å². The molecular weight excluding hydrogens is 272 g/mol. The molecule has 2 unspecified atom stereocenters. The number of halogens is 2. The molecule has 0 saturated carbocycles. The predicted octanol–water partition coefficient (Wildman–Crippen LogP) is 3.48. The SMILES string of the molecule is CNC(Cc1cccc(F)c1F)C(OC)c1ccccc1. The van der Waals surface area contributed by atoms with E-state index < -0.39 is 11.6 Å². The Labute approximate surface area is 123 Å². The molecule has 1 N–H and O–H groups in total. The Morgan fingerprint density at radius 1 is 1.05 bits per heavy atom. The van der Waals surface area contributed by atoms with Gasteiger partial charge < -0.3 is 10.1 Å². The van der Waals surface area contributed by atoms with E-state index in [-0.39, 0.29) is 12.1 Å². The summed E-state index contributed by atoms with van der Waals surface area (Å²) in [5.74, 6) is -1.61. The summed E-state index contributed by atoms with van der Waals surface area (Å²) < 4.78 is 32.7. The van der Waals surface area contributed by atoms with Crippen molar-refractivity contribution in [1.82, 2.24) is 5.32 Å². The first kappa shape index (κ1) is 15.6. The van der Waals surface area contributed by atoms with E-state index in [9.17, 15) is 8.78 Å². The van der Waals surface area contributed by atoms with Crippen LogP contribution < -0.4 is 5.32 Å². The molecule has 2 atom stereocenters. The second-order valence-electron chi connectivity index (χ2n) is 4.88. The summed E-state index contributed by atoms with van der Waals surface area (Å²) in [6.45, 7) is 0. The molecule has 0 aliphatic carbocycles. The van der Waals surface area contributed by atoms with Gasteiger partial charge in [-0.3, -0.25) is 0 Å². The molecule has 0 spiro atoms. The summed E-state index contributed by atoms with van der Waals surface area (Å²) in [5.41, 5.74) is 1.34. The van der Waals surface area contributed by atoms with Crippen LogP contribution in [0.25, 0.3) is 0 Å². The third kappa shape index (κ3) is 3.65. The van der Waals surface area contributed by atoms with Gasteiger partial charge in [0.2, 0.25) is 0 Å². The second-order valence-corrected chi connectivity index (χ2v) is 4.88. The predicted molar refractivity (Wildman–Crippen MR) is 79.1 cm³/mol. The highest BCUT2D eigenvalue weighted by Crippen LogP contribution is 2.24. The lowest BCUT2D eigenvalue weighted by Gasteiger charge is -2.26. The number of hydrogen-bond donors (Lipinski definition) is 1. The fourth-order valence-corrected chi connectivity index (χ4v) is 2.48. The first-order valence-electron chi connectivity index (χ1n) is 6.85. The quantitative estimate of drug-likeness (QED) is 0.879. The fraction of sp³-hybridized carbons (Fsp3) is 0.294. The largest absolute Gasteiger partial charge is 0.375 e. The van der Waals surface area contributed by atoms with Crippen molar-refractivity contribution in [2.45, 2.75) is 18.6 Å². The summed E-state index contributed by atoms with van der Waals surface area (Å²) in [6, 6.07) is 13.8. The van der Waals surface area contributed by atoms with Crippen LogP contribution >= 0.6 is 0 Å². The van der Waals surface area contributed by atoms with Crippen molar-refractivity contribution in [2.24, 2.45) is 0 Å². The Hall–Kier alpha value is -1.78. The van der Waals surface area contributed by atoms with Crippen molar-refractivity contribution in [3.05, 3.63) is 71.3 Å². The molecule has 21 heavy (non-hydrogen) atoms. The highest BCUT2D eigenvalue weighted by Gasteiger charge is 2.23. The van der Waals surface area contributed by atoms with E-state index in [0.717, 1.165) is 11.6 Å². The molecule has 0 radical (unpaired) electrons. The lowest BCUT2D eigenvalue weighted by Crippen LogP contribution is -2.35. The summed E-state index contributed by atoms with van der Waals surface area (Å²) in [7, 11) is 3.40. The van der Waals surface area contributed by atoms with Gasteiger partial charge in [0, 0.05) is 13.2 Å². The minimum atomic E-state index is -0.823. The zero-order valence-electron chi connectivity index (χ0n) is 12.1. The summed E-state index contributed by atoms with van der Waals surface area (Å²) >= 11 is 0. The maximum Gasteiger partial charge on any atom is 0.162 e. The molecule has 112 valence electrons. The number of hydrogen-bond acceptors (Lipinski definition) is 2. The van der Waals surface area contributed by atoms with Crippen LogP contribution in [0.5, 0.6) is 0 Å². The molecule has 0 aliphatic heterocycles. The highest BCUT2D eigenvalue weighted by atomic mass is 19.2. The Balaban J connectivity index is 2.24.